The van der Waals surface area contributed by atoms with Crippen molar-refractivity contribution in [1.29, 1.82) is 0 Å². The molecule has 0 aliphatic carbocycles. The number of halogens is 1. The molecule has 28 heavy (non-hydrogen) atoms. The van der Waals surface area contributed by atoms with Gasteiger partial charge < -0.3 is 19.4 Å². The first-order valence-electron chi connectivity index (χ1n) is 9.35. The third kappa shape index (κ3) is 4.91. The predicted octanol–water partition coefficient (Wildman–Crippen LogP) is 4.09. The van der Waals surface area contributed by atoms with E-state index in [1.165, 1.54) is 24.5 Å². The highest BCUT2D eigenvalue weighted by Crippen LogP contribution is 2.30. The third-order valence-corrected chi connectivity index (χ3v) is 4.50. The van der Waals surface area contributed by atoms with Crippen molar-refractivity contribution in [3.63, 3.8) is 0 Å². The van der Waals surface area contributed by atoms with E-state index in [1.54, 1.807) is 17.0 Å². The van der Waals surface area contributed by atoms with Crippen LogP contribution in [0.1, 0.15) is 44.2 Å². The molecule has 2 amide bonds. The summed E-state index contributed by atoms with van der Waals surface area (Å²) in [4.78, 5) is 26.7. The highest BCUT2D eigenvalue weighted by Gasteiger charge is 2.29. The van der Waals surface area contributed by atoms with E-state index in [0.717, 1.165) is 0 Å². The van der Waals surface area contributed by atoms with Crippen LogP contribution in [0.25, 0.3) is 0 Å². The van der Waals surface area contributed by atoms with Crippen LogP contribution in [0, 0.1) is 11.7 Å². The van der Waals surface area contributed by atoms with Gasteiger partial charge in [0.2, 0.25) is 5.91 Å². The predicted molar refractivity (Wildman–Crippen MR) is 103 cm³/mol. The van der Waals surface area contributed by atoms with Gasteiger partial charge in [-0.2, -0.15) is 0 Å². The van der Waals surface area contributed by atoms with E-state index in [2.05, 4.69) is 5.32 Å². The van der Waals surface area contributed by atoms with E-state index < -0.39 is 11.4 Å². The van der Waals surface area contributed by atoms with Crippen LogP contribution in [0.5, 0.6) is 5.75 Å². The molecule has 0 unspecified atom stereocenters. The number of nitrogens with zero attached hydrogens (tertiary/aromatic N) is 1. The van der Waals surface area contributed by atoms with Crippen molar-refractivity contribution in [3.8, 4) is 5.75 Å². The van der Waals surface area contributed by atoms with Crippen LogP contribution in [-0.2, 0) is 4.79 Å². The molecular formula is C21H25FN2O4. The van der Waals surface area contributed by atoms with Crippen LogP contribution < -0.4 is 10.1 Å². The van der Waals surface area contributed by atoms with Crippen LogP contribution in [0.2, 0.25) is 0 Å². The zero-order chi connectivity index (χ0) is 20.3. The molecule has 0 radical (unpaired) electrons. The van der Waals surface area contributed by atoms with Crippen LogP contribution in [0.15, 0.2) is 41.0 Å². The summed E-state index contributed by atoms with van der Waals surface area (Å²) >= 11 is 0. The molecule has 7 heteroatoms. The molecule has 0 saturated carbocycles. The molecule has 1 aromatic carbocycles. The van der Waals surface area contributed by atoms with Gasteiger partial charge in [0.1, 0.15) is 17.2 Å². The number of benzene rings is 1. The van der Waals surface area contributed by atoms with Gasteiger partial charge in [0, 0.05) is 25.1 Å². The molecule has 1 aliphatic rings. The Morgan fingerprint density at radius 1 is 1.21 bits per heavy atom. The van der Waals surface area contributed by atoms with E-state index in [-0.39, 0.29) is 17.7 Å². The molecule has 2 aromatic rings. The second-order valence-corrected chi connectivity index (χ2v) is 7.89. The van der Waals surface area contributed by atoms with Gasteiger partial charge in [0.05, 0.1) is 12.0 Å². The molecule has 2 heterocycles. The quantitative estimate of drug-likeness (QED) is 0.856. The molecule has 6 nitrogen and oxygen atoms in total. The first kappa shape index (κ1) is 19.9. The van der Waals surface area contributed by atoms with Crippen LogP contribution in [0.4, 0.5) is 10.1 Å². The lowest BCUT2D eigenvalue weighted by molar-refractivity contribution is -0.121. The summed E-state index contributed by atoms with van der Waals surface area (Å²) in [6.45, 7) is 6.53. The molecule has 1 aromatic heterocycles. The molecule has 150 valence electrons. The highest BCUT2D eigenvalue weighted by molar-refractivity contribution is 5.95. The third-order valence-electron chi connectivity index (χ3n) is 4.50. The Balaban J connectivity index is 1.61. The lowest BCUT2D eigenvalue weighted by atomic mass is 9.95. The SMILES string of the molecule is CC(C)(C)Oc1cc(F)ccc1NC(=O)C1CCN(C(=O)c2ccco2)CC1. The summed E-state index contributed by atoms with van der Waals surface area (Å²) < 4.78 is 24.5. The largest absolute Gasteiger partial charge is 0.486 e. The fraction of sp³-hybridized carbons (Fsp3) is 0.429. The van der Waals surface area contributed by atoms with E-state index in [4.69, 9.17) is 9.15 Å². The molecule has 0 spiro atoms. The molecule has 1 fully saturated rings. The number of amides is 2. The number of nitrogens with one attached hydrogen (secondary N) is 1. The minimum absolute atomic E-state index is 0.157. The smallest absolute Gasteiger partial charge is 0.289 e. The van der Waals surface area contributed by atoms with Crippen LogP contribution in [-0.4, -0.2) is 35.4 Å². The minimum atomic E-state index is -0.523. The van der Waals surface area contributed by atoms with Crippen LogP contribution in [0.3, 0.4) is 0 Å². The van der Waals surface area contributed by atoms with Crippen LogP contribution >= 0.6 is 0 Å². The van der Waals surface area contributed by atoms with Crippen molar-refractivity contribution in [2.75, 3.05) is 18.4 Å². The zero-order valence-corrected chi connectivity index (χ0v) is 16.3. The summed E-state index contributed by atoms with van der Waals surface area (Å²) in [5.74, 6) is -0.377. The van der Waals surface area contributed by atoms with Gasteiger partial charge in [-0.1, -0.05) is 0 Å². The standard InChI is InChI=1S/C21H25FN2O4/c1-21(2,3)28-18-13-15(22)6-7-16(18)23-19(25)14-8-10-24(11-9-14)20(26)17-5-4-12-27-17/h4-7,12-14H,8-11H2,1-3H3,(H,23,25). The van der Waals surface area contributed by atoms with Gasteiger partial charge in [-0.3, -0.25) is 9.59 Å². The molecule has 0 bridgehead atoms. The van der Waals surface area contributed by atoms with Crippen molar-refractivity contribution in [1.82, 2.24) is 4.90 Å². The van der Waals surface area contributed by atoms with E-state index in [9.17, 15) is 14.0 Å². The number of carbonyl (C=O) groups excluding carboxylic acids is 2. The first-order chi connectivity index (χ1) is 13.2. The normalized spacial score (nSPS) is 15.4. The molecule has 3 rings (SSSR count). The van der Waals surface area contributed by atoms with E-state index in [0.29, 0.717) is 43.1 Å². The Morgan fingerprint density at radius 2 is 1.93 bits per heavy atom. The summed E-state index contributed by atoms with van der Waals surface area (Å²) in [5, 5.41) is 2.85. The topological polar surface area (TPSA) is 71.8 Å². The summed E-state index contributed by atoms with van der Waals surface area (Å²) in [6, 6.07) is 7.37. The molecule has 1 N–H and O–H groups in total. The van der Waals surface area contributed by atoms with Crippen molar-refractivity contribution < 1.29 is 23.1 Å². The van der Waals surface area contributed by atoms with Gasteiger partial charge >= 0.3 is 0 Å². The Hall–Kier alpha value is -2.83. The number of furan rings is 1. The fourth-order valence-corrected chi connectivity index (χ4v) is 3.15. The fourth-order valence-electron chi connectivity index (χ4n) is 3.15. The van der Waals surface area contributed by atoms with Crippen molar-refractivity contribution in [2.45, 2.75) is 39.2 Å². The zero-order valence-electron chi connectivity index (χ0n) is 16.3. The van der Waals surface area contributed by atoms with Gasteiger partial charge in [0.25, 0.3) is 5.91 Å². The highest BCUT2D eigenvalue weighted by atomic mass is 19.1. The summed E-state index contributed by atoms with van der Waals surface area (Å²) in [5.41, 5.74) is -0.0828. The van der Waals surface area contributed by atoms with E-state index >= 15 is 0 Å². The number of hydrogen-bond donors (Lipinski definition) is 1. The second-order valence-electron chi connectivity index (χ2n) is 7.89. The second kappa shape index (κ2) is 8.04. The van der Waals surface area contributed by atoms with Gasteiger partial charge in [-0.15, -0.1) is 0 Å². The Bertz CT molecular complexity index is 835. The van der Waals surface area contributed by atoms with Crippen molar-refractivity contribution >= 4 is 17.5 Å². The molecule has 0 atom stereocenters. The molecule has 1 aliphatic heterocycles. The molecule has 1 saturated heterocycles. The number of likely N-dealkylation sites (tertiary alicyclic amines) is 1. The Labute approximate surface area is 163 Å². The maximum absolute atomic E-state index is 13.6. The Kier molecular flexibility index (Phi) is 5.72. The number of anilines is 1. The average molecular weight is 388 g/mol. The number of carbonyl (C=O) groups is 2. The van der Waals surface area contributed by atoms with E-state index in [1.807, 2.05) is 20.8 Å². The lowest BCUT2D eigenvalue weighted by Gasteiger charge is -2.31. The minimum Gasteiger partial charge on any atom is -0.486 e. The monoisotopic (exact) mass is 388 g/mol. The average Bonchev–Trinajstić information content (AvgIpc) is 3.17. The molecular weight excluding hydrogens is 363 g/mol. The summed E-state index contributed by atoms with van der Waals surface area (Å²) in [6.07, 6.45) is 2.57. The number of hydrogen-bond acceptors (Lipinski definition) is 4. The van der Waals surface area contributed by atoms with Gasteiger partial charge in [0.15, 0.2) is 5.76 Å². The number of ether oxygens (including phenoxy) is 1. The van der Waals surface area contributed by atoms with Crippen molar-refractivity contribution in [3.05, 3.63) is 48.2 Å². The number of piperidine rings is 1. The van der Waals surface area contributed by atoms with Gasteiger partial charge in [-0.05, 0) is 57.9 Å². The number of rotatable bonds is 4. The maximum atomic E-state index is 13.6. The van der Waals surface area contributed by atoms with Crippen molar-refractivity contribution in [2.24, 2.45) is 5.92 Å². The summed E-state index contributed by atoms with van der Waals surface area (Å²) in [7, 11) is 0. The van der Waals surface area contributed by atoms with Gasteiger partial charge in [-0.25, -0.2) is 4.39 Å². The lowest BCUT2D eigenvalue weighted by Crippen LogP contribution is -2.41. The first-order valence-corrected chi connectivity index (χ1v) is 9.35. The Morgan fingerprint density at radius 3 is 2.54 bits per heavy atom. The maximum Gasteiger partial charge on any atom is 0.289 e.